The minimum atomic E-state index is -0.421. The molecule has 30 heavy (non-hydrogen) atoms. The van der Waals surface area contributed by atoms with Crippen LogP contribution in [0.4, 0.5) is 0 Å². The topological polar surface area (TPSA) is 66.4 Å². The number of rotatable bonds is 11. The number of benzene rings is 1. The molecular formula is C26H37NO3. The van der Waals surface area contributed by atoms with Gasteiger partial charge >= 0.3 is 0 Å². The van der Waals surface area contributed by atoms with E-state index in [1.165, 1.54) is 51.4 Å². The first-order chi connectivity index (χ1) is 14.6. The Morgan fingerprint density at radius 3 is 2.17 bits per heavy atom. The number of hydrogen-bond donors (Lipinski definition) is 2. The van der Waals surface area contributed by atoms with Crippen LogP contribution in [0, 0.1) is 0 Å². The second-order valence-electron chi connectivity index (χ2n) is 8.93. The average Bonchev–Trinajstić information content (AvgIpc) is 2.77. The van der Waals surface area contributed by atoms with Crippen molar-refractivity contribution in [1.29, 1.82) is 0 Å². The van der Waals surface area contributed by atoms with Gasteiger partial charge in [0, 0.05) is 23.2 Å². The molecule has 1 aromatic carbocycles. The number of aliphatic hydroxyl groups is 1. The van der Waals surface area contributed by atoms with Gasteiger partial charge in [0.2, 0.25) is 5.78 Å². The summed E-state index contributed by atoms with van der Waals surface area (Å²) in [6.07, 6.45) is 15.0. The van der Waals surface area contributed by atoms with E-state index < -0.39 is 5.78 Å². The quantitative estimate of drug-likeness (QED) is 0.419. The lowest BCUT2D eigenvalue weighted by atomic mass is 9.82. The maximum atomic E-state index is 13.3. The molecule has 1 aromatic rings. The monoisotopic (exact) mass is 411 g/mol. The predicted octanol–water partition coefficient (Wildman–Crippen LogP) is 6.31. The van der Waals surface area contributed by atoms with E-state index in [0.29, 0.717) is 17.2 Å². The number of nitrogens with one attached hydrogen (secondary N) is 1. The summed E-state index contributed by atoms with van der Waals surface area (Å²) in [6.45, 7) is 2.22. The lowest BCUT2D eigenvalue weighted by Gasteiger charge is -2.31. The number of carbonyl (C=O) groups is 2. The zero-order chi connectivity index (χ0) is 21.3. The SMILES string of the molecule is CCCCCCCCCC(NC1CCCCC1)C1=C(O)C(=O)c2ccccc2C1=O. The lowest BCUT2D eigenvalue weighted by molar-refractivity contribution is 0.0919. The third-order valence-corrected chi connectivity index (χ3v) is 6.62. The number of allylic oxidation sites excluding steroid dienone is 1. The Morgan fingerprint density at radius 2 is 1.50 bits per heavy atom. The van der Waals surface area contributed by atoms with Gasteiger partial charge < -0.3 is 10.4 Å². The van der Waals surface area contributed by atoms with Gasteiger partial charge in [0.25, 0.3) is 0 Å². The van der Waals surface area contributed by atoms with E-state index in [4.69, 9.17) is 0 Å². The normalized spacial score (nSPS) is 18.6. The Kier molecular flexibility index (Phi) is 8.68. The zero-order valence-corrected chi connectivity index (χ0v) is 18.4. The van der Waals surface area contributed by atoms with E-state index >= 15 is 0 Å². The van der Waals surface area contributed by atoms with E-state index in [0.717, 1.165) is 32.1 Å². The molecule has 1 unspecified atom stereocenters. The Labute approximate surface area is 181 Å². The number of unbranched alkanes of at least 4 members (excludes halogenated alkanes) is 6. The minimum absolute atomic E-state index is 0.195. The van der Waals surface area contributed by atoms with Gasteiger partial charge in [-0.05, 0) is 19.3 Å². The molecule has 0 aliphatic heterocycles. The summed E-state index contributed by atoms with van der Waals surface area (Å²) in [7, 11) is 0. The Balaban J connectivity index is 1.72. The van der Waals surface area contributed by atoms with Gasteiger partial charge in [0.1, 0.15) is 0 Å². The number of carbonyl (C=O) groups excluding carboxylic acids is 2. The van der Waals surface area contributed by atoms with Crippen molar-refractivity contribution in [1.82, 2.24) is 5.32 Å². The molecule has 0 spiro atoms. The number of aliphatic hydroxyl groups excluding tert-OH is 1. The molecule has 164 valence electrons. The Hall–Kier alpha value is -1.94. The van der Waals surface area contributed by atoms with E-state index in [1.807, 2.05) is 0 Å². The van der Waals surface area contributed by atoms with Gasteiger partial charge in [-0.25, -0.2) is 0 Å². The number of hydrogen-bond acceptors (Lipinski definition) is 4. The molecule has 2 N–H and O–H groups in total. The predicted molar refractivity (Wildman–Crippen MR) is 121 cm³/mol. The average molecular weight is 412 g/mol. The van der Waals surface area contributed by atoms with Crippen molar-refractivity contribution in [2.45, 2.75) is 102 Å². The van der Waals surface area contributed by atoms with Crippen LogP contribution >= 0.6 is 0 Å². The highest BCUT2D eigenvalue weighted by molar-refractivity contribution is 6.26. The molecule has 0 radical (unpaired) electrons. The molecule has 4 heteroatoms. The summed E-state index contributed by atoms with van der Waals surface area (Å²) in [6, 6.07) is 6.94. The second kappa shape index (κ2) is 11.5. The van der Waals surface area contributed by atoms with Crippen LogP contribution in [-0.2, 0) is 0 Å². The van der Waals surface area contributed by atoms with Crippen molar-refractivity contribution >= 4 is 11.6 Å². The molecular weight excluding hydrogens is 374 g/mol. The van der Waals surface area contributed by atoms with E-state index in [2.05, 4.69) is 12.2 Å². The molecule has 1 atom stereocenters. The van der Waals surface area contributed by atoms with Crippen molar-refractivity contribution in [2.24, 2.45) is 0 Å². The molecule has 0 heterocycles. The standard InChI is InChI=1S/C26H37NO3/c1-2-3-4-5-6-7-11-18-22(27-19-14-9-8-10-15-19)23-24(28)20-16-12-13-17-21(20)25(29)26(23)30/h12-13,16-17,19,22,27,30H,2-11,14-15,18H2,1H3. The Bertz CT molecular complexity index is 761. The summed E-state index contributed by atoms with van der Waals surface area (Å²) in [4.78, 5) is 26.0. The maximum absolute atomic E-state index is 13.3. The molecule has 1 fully saturated rings. The van der Waals surface area contributed by atoms with Gasteiger partial charge in [-0.15, -0.1) is 0 Å². The van der Waals surface area contributed by atoms with Crippen LogP contribution in [-0.4, -0.2) is 28.8 Å². The summed E-state index contributed by atoms with van der Waals surface area (Å²) < 4.78 is 0. The number of ketones is 2. The van der Waals surface area contributed by atoms with Crippen molar-refractivity contribution in [3.63, 3.8) is 0 Å². The largest absolute Gasteiger partial charge is 0.504 e. The maximum Gasteiger partial charge on any atom is 0.228 e. The minimum Gasteiger partial charge on any atom is -0.504 e. The van der Waals surface area contributed by atoms with Crippen LogP contribution in [0.15, 0.2) is 35.6 Å². The van der Waals surface area contributed by atoms with Crippen LogP contribution in [0.3, 0.4) is 0 Å². The fraction of sp³-hybridized carbons (Fsp3) is 0.615. The fourth-order valence-corrected chi connectivity index (χ4v) is 4.88. The molecule has 0 aromatic heterocycles. The number of Topliss-reactive ketones (excluding diaryl/α,β-unsaturated/α-hetero) is 2. The first-order valence-electron chi connectivity index (χ1n) is 12.0. The third kappa shape index (κ3) is 5.60. The molecule has 3 rings (SSSR count). The highest BCUT2D eigenvalue weighted by atomic mass is 16.3. The van der Waals surface area contributed by atoms with Crippen molar-refractivity contribution < 1.29 is 14.7 Å². The van der Waals surface area contributed by atoms with E-state index in [1.54, 1.807) is 24.3 Å². The summed E-state index contributed by atoms with van der Waals surface area (Å²) in [5.41, 5.74) is 1.02. The zero-order valence-electron chi connectivity index (χ0n) is 18.4. The summed E-state index contributed by atoms with van der Waals surface area (Å²) >= 11 is 0. The molecule has 2 aliphatic rings. The van der Waals surface area contributed by atoms with Gasteiger partial charge in [0.15, 0.2) is 11.5 Å². The van der Waals surface area contributed by atoms with Gasteiger partial charge in [-0.2, -0.15) is 0 Å². The second-order valence-corrected chi connectivity index (χ2v) is 8.93. The van der Waals surface area contributed by atoms with Gasteiger partial charge in [-0.3, -0.25) is 9.59 Å². The van der Waals surface area contributed by atoms with Crippen molar-refractivity contribution in [2.75, 3.05) is 0 Å². The van der Waals surface area contributed by atoms with Gasteiger partial charge in [-0.1, -0.05) is 95.4 Å². The summed E-state index contributed by atoms with van der Waals surface area (Å²) in [5, 5.41) is 14.4. The fourth-order valence-electron chi connectivity index (χ4n) is 4.88. The first kappa shape index (κ1) is 22.7. The van der Waals surface area contributed by atoms with Crippen LogP contribution in [0.2, 0.25) is 0 Å². The van der Waals surface area contributed by atoms with Crippen LogP contribution in [0.1, 0.15) is 111 Å². The van der Waals surface area contributed by atoms with E-state index in [-0.39, 0.29) is 23.2 Å². The molecule has 2 aliphatic carbocycles. The first-order valence-corrected chi connectivity index (χ1v) is 12.0. The smallest absolute Gasteiger partial charge is 0.228 e. The lowest BCUT2D eigenvalue weighted by Crippen LogP contribution is -2.44. The highest BCUT2D eigenvalue weighted by Gasteiger charge is 2.36. The van der Waals surface area contributed by atoms with Crippen LogP contribution in [0.5, 0.6) is 0 Å². The van der Waals surface area contributed by atoms with Crippen molar-refractivity contribution in [3.05, 3.63) is 46.7 Å². The third-order valence-electron chi connectivity index (χ3n) is 6.62. The van der Waals surface area contributed by atoms with Gasteiger partial charge in [0.05, 0.1) is 5.57 Å². The Morgan fingerprint density at radius 1 is 0.900 bits per heavy atom. The highest BCUT2D eigenvalue weighted by Crippen LogP contribution is 2.30. The summed E-state index contributed by atoms with van der Waals surface area (Å²) in [5.74, 6) is -0.968. The van der Waals surface area contributed by atoms with E-state index in [9.17, 15) is 14.7 Å². The molecule has 0 amide bonds. The molecule has 4 nitrogen and oxygen atoms in total. The number of fused-ring (bicyclic) bond motifs is 1. The van der Waals surface area contributed by atoms with Crippen molar-refractivity contribution in [3.8, 4) is 0 Å². The molecule has 0 bridgehead atoms. The molecule has 1 saturated carbocycles. The van der Waals surface area contributed by atoms with Crippen LogP contribution in [0.25, 0.3) is 0 Å². The van der Waals surface area contributed by atoms with Crippen LogP contribution < -0.4 is 5.32 Å². The molecule has 0 saturated heterocycles.